The first-order valence-electron chi connectivity index (χ1n) is 9.24. The number of imidazole rings is 1. The minimum Gasteiger partial charge on any atom is -0.497 e. The maximum atomic E-state index is 5.22. The minimum atomic E-state index is 0.810. The van der Waals surface area contributed by atoms with Crippen LogP contribution in [0.2, 0.25) is 0 Å². The number of aliphatic imine (C=N–C) groups is 1. The number of hydrogen-bond donors (Lipinski definition) is 1. The van der Waals surface area contributed by atoms with E-state index < -0.39 is 0 Å². The van der Waals surface area contributed by atoms with Crippen LogP contribution in [0.3, 0.4) is 0 Å². The van der Waals surface area contributed by atoms with Crippen LogP contribution in [-0.4, -0.2) is 47.7 Å². The van der Waals surface area contributed by atoms with Gasteiger partial charge in [-0.3, -0.25) is 4.99 Å². The van der Waals surface area contributed by atoms with E-state index >= 15 is 0 Å². The Morgan fingerprint density at radius 2 is 2.04 bits per heavy atom. The molecule has 2 rings (SSSR count). The average Bonchev–Trinajstić information content (AvgIpc) is 3.06. The molecule has 0 atom stereocenters. The fourth-order valence-electron chi connectivity index (χ4n) is 2.77. The van der Waals surface area contributed by atoms with Crippen molar-refractivity contribution in [1.29, 1.82) is 0 Å². The summed E-state index contributed by atoms with van der Waals surface area (Å²) in [5.74, 6) is 2.90. The number of ether oxygens (including phenoxy) is 1. The van der Waals surface area contributed by atoms with Gasteiger partial charge in [-0.2, -0.15) is 0 Å². The Bertz CT molecular complexity index is 678. The van der Waals surface area contributed by atoms with E-state index in [0.717, 1.165) is 56.6 Å². The predicted octanol–water partition coefficient (Wildman–Crippen LogP) is 3.08. The highest BCUT2D eigenvalue weighted by atomic mass is 16.5. The van der Waals surface area contributed by atoms with Crippen molar-refractivity contribution in [2.24, 2.45) is 4.99 Å². The number of rotatable bonds is 9. The van der Waals surface area contributed by atoms with Crippen LogP contribution in [0, 0.1) is 6.92 Å². The topological polar surface area (TPSA) is 54.7 Å². The van der Waals surface area contributed by atoms with Gasteiger partial charge < -0.3 is 19.5 Å². The number of unbranched alkanes of at least 4 members (excludes halogenated alkanes) is 1. The summed E-state index contributed by atoms with van der Waals surface area (Å²) in [4.78, 5) is 11.2. The van der Waals surface area contributed by atoms with Crippen LogP contribution in [0.15, 0.2) is 41.7 Å². The molecule has 0 saturated carbocycles. The van der Waals surface area contributed by atoms with Gasteiger partial charge in [-0.05, 0) is 44.4 Å². The van der Waals surface area contributed by atoms with E-state index in [1.807, 2.05) is 31.5 Å². The highest BCUT2D eigenvalue weighted by Gasteiger charge is 2.06. The molecule has 0 spiro atoms. The van der Waals surface area contributed by atoms with Gasteiger partial charge in [0.15, 0.2) is 5.96 Å². The predicted molar refractivity (Wildman–Crippen MR) is 107 cm³/mol. The first-order valence-corrected chi connectivity index (χ1v) is 9.24. The Kier molecular flexibility index (Phi) is 7.99. The summed E-state index contributed by atoms with van der Waals surface area (Å²) in [6, 6.07) is 8.16. The van der Waals surface area contributed by atoms with Gasteiger partial charge in [0.1, 0.15) is 11.6 Å². The van der Waals surface area contributed by atoms with Crippen LogP contribution in [0.4, 0.5) is 0 Å². The number of aryl methyl sites for hydroxylation is 2. The van der Waals surface area contributed by atoms with Crippen molar-refractivity contribution in [3.63, 3.8) is 0 Å². The molecule has 1 aromatic carbocycles. The Balaban J connectivity index is 1.82. The van der Waals surface area contributed by atoms with Gasteiger partial charge in [-0.25, -0.2) is 4.98 Å². The maximum absolute atomic E-state index is 5.22. The summed E-state index contributed by atoms with van der Waals surface area (Å²) in [5, 5.41) is 3.37. The third-order valence-corrected chi connectivity index (χ3v) is 4.27. The monoisotopic (exact) mass is 357 g/mol. The molecule has 0 aliphatic heterocycles. The van der Waals surface area contributed by atoms with Crippen molar-refractivity contribution < 1.29 is 4.74 Å². The molecule has 0 radical (unpaired) electrons. The van der Waals surface area contributed by atoms with E-state index in [1.54, 1.807) is 7.11 Å². The molecule has 0 bridgehead atoms. The van der Waals surface area contributed by atoms with Gasteiger partial charge in [-0.15, -0.1) is 0 Å². The summed E-state index contributed by atoms with van der Waals surface area (Å²) in [6.07, 6.45) is 6.04. The maximum Gasteiger partial charge on any atom is 0.193 e. The van der Waals surface area contributed by atoms with Crippen molar-refractivity contribution in [2.45, 2.75) is 39.8 Å². The normalized spacial score (nSPS) is 11.5. The van der Waals surface area contributed by atoms with Crippen LogP contribution in [0.1, 0.15) is 31.2 Å². The Hall–Kier alpha value is -2.50. The third kappa shape index (κ3) is 6.10. The van der Waals surface area contributed by atoms with E-state index in [0.29, 0.717) is 0 Å². The van der Waals surface area contributed by atoms with E-state index in [9.17, 15) is 0 Å². The lowest BCUT2D eigenvalue weighted by Gasteiger charge is -2.22. The van der Waals surface area contributed by atoms with Gasteiger partial charge in [0.2, 0.25) is 0 Å². The van der Waals surface area contributed by atoms with Gasteiger partial charge in [0.05, 0.1) is 7.11 Å². The zero-order valence-corrected chi connectivity index (χ0v) is 16.4. The van der Waals surface area contributed by atoms with Crippen molar-refractivity contribution in [1.82, 2.24) is 19.8 Å². The molecule has 6 nitrogen and oxygen atoms in total. The largest absolute Gasteiger partial charge is 0.497 e. The average molecular weight is 358 g/mol. The van der Waals surface area contributed by atoms with Crippen LogP contribution >= 0.6 is 0 Å². The number of nitrogens with zero attached hydrogens (tertiary/aromatic N) is 4. The zero-order valence-electron chi connectivity index (χ0n) is 16.4. The van der Waals surface area contributed by atoms with Crippen LogP contribution < -0.4 is 10.1 Å². The number of hydrogen-bond acceptors (Lipinski definition) is 3. The fourth-order valence-corrected chi connectivity index (χ4v) is 2.77. The SMILES string of the molecule is CCNC(=NCCCCn1ccnc1C)N(C)Cc1ccc(OC)cc1. The highest BCUT2D eigenvalue weighted by Crippen LogP contribution is 2.12. The summed E-state index contributed by atoms with van der Waals surface area (Å²) in [6.45, 7) is 7.63. The first-order chi connectivity index (χ1) is 12.6. The van der Waals surface area contributed by atoms with Crippen molar-refractivity contribution in [2.75, 3.05) is 27.2 Å². The fraction of sp³-hybridized carbons (Fsp3) is 0.500. The summed E-state index contributed by atoms with van der Waals surface area (Å²) >= 11 is 0. The second-order valence-corrected chi connectivity index (χ2v) is 6.31. The Morgan fingerprint density at radius 3 is 2.65 bits per heavy atom. The van der Waals surface area contributed by atoms with Gasteiger partial charge in [0, 0.05) is 45.6 Å². The number of benzene rings is 1. The van der Waals surface area contributed by atoms with Crippen molar-refractivity contribution >= 4 is 5.96 Å². The first kappa shape index (κ1) is 19.8. The summed E-state index contributed by atoms with van der Waals surface area (Å²) in [7, 11) is 3.76. The number of methoxy groups -OCH3 is 1. The molecule has 1 N–H and O–H groups in total. The summed E-state index contributed by atoms with van der Waals surface area (Å²) in [5.41, 5.74) is 1.23. The highest BCUT2D eigenvalue weighted by molar-refractivity contribution is 5.79. The molecular weight excluding hydrogens is 326 g/mol. The van der Waals surface area contributed by atoms with E-state index in [1.165, 1.54) is 5.56 Å². The molecule has 1 heterocycles. The van der Waals surface area contributed by atoms with Crippen molar-refractivity contribution in [3.05, 3.63) is 48.0 Å². The number of nitrogens with one attached hydrogen (secondary N) is 1. The molecule has 0 aliphatic carbocycles. The standard InChI is InChI=1S/C20H31N5O/c1-5-21-20(23-12-6-7-14-25-15-13-22-17(25)2)24(3)16-18-8-10-19(26-4)11-9-18/h8-11,13,15H,5-7,12,14,16H2,1-4H3,(H,21,23). The van der Waals surface area contributed by atoms with Crippen LogP contribution in [-0.2, 0) is 13.1 Å². The van der Waals surface area contributed by atoms with E-state index in [-0.39, 0.29) is 0 Å². The quantitative estimate of drug-likeness (QED) is 0.426. The van der Waals surface area contributed by atoms with Crippen LogP contribution in [0.25, 0.3) is 0 Å². The van der Waals surface area contributed by atoms with E-state index in [2.05, 4.69) is 45.9 Å². The smallest absolute Gasteiger partial charge is 0.193 e. The molecule has 0 saturated heterocycles. The molecule has 2 aromatic rings. The van der Waals surface area contributed by atoms with Crippen molar-refractivity contribution in [3.8, 4) is 5.75 Å². The number of aromatic nitrogens is 2. The summed E-state index contributed by atoms with van der Waals surface area (Å²) < 4.78 is 7.40. The molecule has 0 amide bonds. The molecule has 26 heavy (non-hydrogen) atoms. The Morgan fingerprint density at radius 1 is 1.27 bits per heavy atom. The zero-order chi connectivity index (χ0) is 18.8. The van der Waals surface area contributed by atoms with E-state index in [4.69, 9.17) is 9.73 Å². The number of guanidine groups is 1. The molecule has 142 valence electrons. The molecule has 0 unspecified atom stereocenters. The van der Waals surface area contributed by atoms with Crippen LogP contribution in [0.5, 0.6) is 5.75 Å². The molecule has 0 fully saturated rings. The molecular formula is C20H31N5O. The second-order valence-electron chi connectivity index (χ2n) is 6.31. The molecule has 6 heteroatoms. The second kappa shape index (κ2) is 10.5. The lowest BCUT2D eigenvalue weighted by molar-refractivity contribution is 0.414. The van der Waals surface area contributed by atoms with Gasteiger partial charge in [-0.1, -0.05) is 12.1 Å². The lowest BCUT2D eigenvalue weighted by atomic mass is 10.2. The lowest BCUT2D eigenvalue weighted by Crippen LogP contribution is -2.38. The minimum absolute atomic E-state index is 0.810. The van der Waals surface area contributed by atoms with Gasteiger partial charge in [0.25, 0.3) is 0 Å². The van der Waals surface area contributed by atoms with Gasteiger partial charge >= 0.3 is 0 Å². The Labute approximate surface area is 156 Å². The molecule has 1 aromatic heterocycles. The third-order valence-electron chi connectivity index (χ3n) is 4.27. The molecule has 0 aliphatic rings.